The van der Waals surface area contributed by atoms with Gasteiger partial charge >= 0.3 is 0 Å². The minimum absolute atomic E-state index is 0.163. The monoisotopic (exact) mass is 334 g/mol. The number of halogens is 1. The van der Waals surface area contributed by atoms with Crippen molar-refractivity contribution < 1.29 is 8.42 Å². The van der Waals surface area contributed by atoms with Crippen LogP contribution in [0.1, 0.15) is 19.4 Å². The van der Waals surface area contributed by atoms with Gasteiger partial charge in [-0.3, -0.25) is 4.98 Å². The van der Waals surface area contributed by atoms with E-state index in [4.69, 9.17) is 0 Å². The number of aromatic nitrogens is 1. The molecular formula is C12H19BrN2O2S. The molecule has 1 atom stereocenters. The summed E-state index contributed by atoms with van der Waals surface area (Å²) >= 11 is 3.36. The van der Waals surface area contributed by atoms with Crippen LogP contribution < -0.4 is 5.32 Å². The fraction of sp³-hybridized carbons (Fsp3) is 0.583. The average Bonchev–Trinajstić information content (AvgIpc) is 2.24. The van der Waals surface area contributed by atoms with Crippen molar-refractivity contribution in [2.75, 3.05) is 13.3 Å². The molecular weight excluding hydrogens is 316 g/mol. The van der Waals surface area contributed by atoms with Gasteiger partial charge in [0.25, 0.3) is 0 Å². The topological polar surface area (TPSA) is 59.1 Å². The quantitative estimate of drug-likeness (QED) is 0.891. The molecule has 0 aliphatic heterocycles. The third-order valence-electron chi connectivity index (χ3n) is 3.34. The lowest BCUT2D eigenvalue weighted by atomic mass is 9.96. The van der Waals surface area contributed by atoms with Crippen LogP contribution in [0, 0.1) is 0 Å². The van der Waals surface area contributed by atoms with Crippen molar-refractivity contribution in [3.8, 4) is 0 Å². The van der Waals surface area contributed by atoms with Gasteiger partial charge in [0.05, 0.1) is 4.75 Å². The predicted octanol–water partition coefficient (Wildman–Crippen LogP) is 1.80. The standard InChI is InChI=1S/C12H19BrN2O2S/c1-12(2,18(4,16)17)11(14-3)6-9-5-10(13)8-15-7-9/h5,7-8,11,14H,6H2,1-4H3. The second-order valence-corrected chi connectivity index (χ2v) is 8.44. The highest BCUT2D eigenvalue weighted by Crippen LogP contribution is 2.23. The van der Waals surface area contributed by atoms with Crippen LogP contribution in [0.3, 0.4) is 0 Å². The van der Waals surface area contributed by atoms with Crippen molar-refractivity contribution in [1.29, 1.82) is 0 Å². The molecule has 1 aromatic rings. The number of likely N-dealkylation sites (N-methyl/N-ethyl adjacent to an activating group) is 1. The molecule has 6 heteroatoms. The molecule has 1 aromatic heterocycles. The van der Waals surface area contributed by atoms with Crippen molar-refractivity contribution in [3.63, 3.8) is 0 Å². The fourth-order valence-electron chi connectivity index (χ4n) is 1.76. The van der Waals surface area contributed by atoms with E-state index in [2.05, 4.69) is 26.2 Å². The maximum atomic E-state index is 11.8. The van der Waals surface area contributed by atoms with Gasteiger partial charge in [0.2, 0.25) is 0 Å². The van der Waals surface area contributed by atoms with Gasteiger partial charge < -0.3 is 5.32 Å². The van der Waals surface area contributed by atoms with E-state index in [9.17, 15) is 8.42 Å². The van der Waals surface area contributed by atoms with Gasteiger partial charge in [0.15, 0.2) is 9.84 Å². The summed E-state index contributed by atoms with van der Waals surface area (Å²) in [7, 11) is -1.36. The third kappa shape index (κ3) is 3.52. The number of nitrogens with zero attached hydrogens (tertiary/aromatic N) is 1. The SMILES string of the molecule is CNC(Cc1cncc(Br)c1)C(C)(C)S(C)(=O)=O. The van der Waals surface area contributed by atoms with Crippen molar-refractivity contribution >= 4 is 25.8 Å². The van der Waals surface area contributed by atoms with Gasteiger partial charge in [0.1, 0.15) is 0 Å². The molecule has 0 amide bonds. The Kier molecular flexibility index (Phi) is 4.91. The number of hydrogen-bond donors (Lipinski definition) is 1. The van der Waals surface area contributed by atoms with E-state index in [-0.39, 0.29) is 6.04 Å². The Balaban J connectivity index is 2.99. The number of rotatable bonds is 5. The molecule has 0 aliphatic rings. The zero-order valence-electron chi connectivity index (χ0n) is 11.1. The normalized spacial score (nSPS) is 14.5. The molecule has 0 spiro atoms. The van der Waals surface area contributed by atoms with E-state index in [1.165, 1.54) is 6.26 Å². The summed E-state index contributed by atoms with van der Waals surface area (Å²) in [6.07, 6.45) is 5.35. The van der Waals surface area contributed by atoms with Crippen molar-refractivity contribution in [2.24, 2.45) is 0 Å². The summed E-state index contributed by atoms with van der Waals surface area (Å²) in [4.78, 5) is 4.09. The first-order valence-corrected chi connectivity index (χ1v) is 8.33. The Labute approximate surface area is 117 Å². The highest BCUT2D eigenvalue weighted by atomic mass is 79.9. The zero-order valence-corrected chi connectivity index (χ0v) is 13.5. The first kappa shape index (κ1) is 15.6. The van der Waals surface area contributed by atoms with Crippen LogP contribution in [-0.4, -0.2) is 37.5 Å². The van der Waals surface area contributed by atoms with E-state index < -0.39 is 14.6 Å². The summed E-state index contributed by atoms with van der Waals surface area (Å²) in [6.45, 7) is 3.49. The molecule has 0 saturated heterocycles. The van der Waals surface area contributed by atoms with Gasteiger partial charge in [-0.05, 0) is 54.9 Å². The molecule has 102 valence electrons. The fourth-order valence-corrected chi connectivity index (χ4v) is 2.89. The molecule has 1 N–H and O–H groups in total. The molecule has 0 fully saturated rings. The highest BCUT2D eigenvalue weighted by Gasteiger charge is 2.38. The van der Waals surface area contributed by atoms with Crippen LogP contribution in [0.25, 0.3) is 0 Å². The summed E-state index contributed by atoms with van der Waals surface area (Å²) in [5.41, 5.74) is 1.00. The van der Waals surface area contributed by atoms with Crippen LogP contribution >= 0.6 is 15.9 Å². The van der Waals surface area contributed by atoms with Gasteiger partial charge in [-0.15, -0.1) is 0 Å². The molecule has 1 heterocycles. The molecule has 0 bridgehead atoms. The minimum atomic E-state index is -3.14. The molecule has 18 heavy (non-hydrogen) atoms. The largest absolute Gasteiger partial charge is 0.315 e. The summed E-state index contributed by atoms with van der Waals surface area (Å²) in [5.74, 6) is 0. The Bertz CT molecular complexity index is 515. The molecule has 4 nitrogen and oxygen atoms in total. The van der Waals surface area contributed by atoms with E-state index in [0.29, 0.717) is 6.42 Å². The predicted molar refractivity (Wildman–Crippen MR) is 77.4 cm³/mol. The Morgan fingerprint density at radius 3 is 2.50 bits per heavy atom. The molecule has 0 radical (unpaired) electrons. The number of nitrogens with one attached hydrogen (secondary N) is 1. The van der Waals surface area contributed by atoms with E-state index in [0.717, 1.165) is 10.0 Å². The summed E-state index contributed by atoms with van der Waals surface area (Å²) in [5, 5.41) is 3.09. The molecule has 0 aromatic carbocycles. The molecule has 1 unspecified atom stereocenters. The van der Waals surface area contributed by atoms with Crippen molar-refractivity contribution in [3.05, 3.63) is 28.5 Å². The smallest absolute Gasteiger partial charge is 0.154 e. The molecule has 0 aliphatic carbocycles. The van der Waals surface area contributed by atoms with Crippen molar-refractivity contribution in [2.45, 2.75) is 31.1 Å². The van der Waals surface area contributed by atoms with Gasteiger partial charge in [-0.1, -0.05) is 0 Å². The summed E-state index contributed by atoms with van der Waals surface area (Å²) < 4.78 is 23.8. The number of sulfone groups is 1. The van der Waals surface area contributed by atoms with Gasteiger partial charge in [0, 0.05) is 29.2 Å². The lowest BCUT2D eigenvalue weighted by molar-refractivity contribution is 0.430. The second kappa shape index (κ2) is 5.67. The van der Waals surface area contributed by atoms with Gasteiger partial charge in [-0.2, -0.15) is 0 Å². The van der Waals surface area contributed by atoms with Crippen LogP contribution in [-0.2, 0) is 16.3 Å². The molecule has 1 rings (SSSR count). The maximum Gasteiger partial charge on any atom is 0.154 e. The maximum absolute atomic E-state index is 11.8. The zero-order chi connectivity index (χ0) is 14.0. The van der Waals surface area contributed by atoms with Crippen LogP contribution in [0.4, 0.5) is 0 Å². The van der Waals surface area contributed by atoms with E-state index >= 15 is 0 Å². The number of pyridine rings is 1. The van der Waals surface area contributed by atoms with Crippen LogP contribution in [0.2, 0.25) is 0 Å². The lowest BCUT2D eigenvalue weighted by Crippen LogP contribution is -2.51. The number of hydrogen-bond acceptors (Lipinski definition) is 4. The average molecular weight is 335 g/mol. The van der Waals surface area contributed by atoms with E-state index in [1.54, 1.807) is 33.3 Å². The third-order valence-corrected chi connectivity index (χ3v) is 5.97. The lowest BCUT2D eigenvalue weighted by Gasteiger charge is -2.32. The Morgan fingerprint density at radius 1 is 1.44 bits per heavy atom. The minimum Gasteiger partial charge on any atom is -0.315 e. The van der Waals surface area contributed by atoms with E-state index in [1.807, 2.05) is 6.07 Å². The van der Waals surface area contributed by atoms with Crippen LogP contribution in [0.5, 0.6) is 0 Å². The summed E-state index contributed by atoms with van der Waals surface area (Å²) in [6, 6.07) is 1.79. The Hall–Kier alpha value is -0.460. The van der Waals surface area contributed by atoms with Gasteiger partial charge in [-0.25, -0.2) is 8.42 Å². The first-order chi connectivity index (χ1) is 8.18. The first-order valence-electron chi connectivity index (χ1n) is 5.64. The Morgan fingerprint density at radius 2 is 2.06 bits per heavy atom. The molecule has 0 saturated carbocycles. The van der Waals surface area contributed by atoms with Crippen molar-refractivity contribution in [1.82, 2.24) is 10.3 Å². The second-order valence-electron chi connectivity index (χ2n) is 4.93. The highest BCUT2D eigenvalue weighted by molar-refractivity contribution is 9.10. The van der Waals surface area contributed by atoms with Crippen LogP contribution in [0.15, 0.2) is 22.9 Å².